The molecule has 0 spiro atoms. The summed E-state index contributed by atoms with van der Waals surface area (Å²) in [6.45, 7) is 7.82. The predicted octanol–water partition coefficient (Wildman–Crippen LogP) is 1.18. The molecule has 2 aliphatic rings. The number of ether oxygens (including phenoxy) is 1. The van der Waals surface area contributed by atoms with Gasteiger partial charge in [0.1, 0.15) is 5.82 Å². The maximum absolute atomic E-state index is 12.4. The van der Waals surface area contributed by atoms with E-state index in [0.717, 1.165) is 43.8 Å². The van der Waals surface area contributed by atoms with Crippen LogP contribution in [0.5, 0.6) is 0 Å². The molecular weight excluding hydrogens is 334 g/mol. The third-order valence-electron chi connectivity index (χ3n) is 4.75. The molecule has 0 bridgehead atoms. The van der Waals surface area contributed by atoms with Crippen molar-refractivity contribution in [1.29, 1.82) is 0 Å². The van der Waals surface area contributed by atoms with Crippen molar-refractivity contribution in [3.05, 3.63) is 35.9 Å². The molecule has 0 N–H and O–H groups in total. The first-order valence-corrected chi connectivity index (χ1v) is 8.97. The van der Waals surface area contributed by atoms with E-state index in [2.05, 4.69) is 14.8 Å². The monoisotopic (exact) mass is 357 g/mol. The third kappa shape index (κ3) is 3.50. The minimum absolute atomic E-state index is 0.0613. The maximum atomic E-state index is 12.4. The molecule has 0 aliphatic carbocycles. The summed E-state index contributed by atoms with van der Waals surface area (Å²) >= 11 is 0. The van der Waals surface area contributed by atoms with E-state index >= 15 is 0 Å². The highest BCUT2D eigenvalue weighted by molar-refractivity contribution is 5.91. The van der Waals surface area contributed by atoms with E-state index in [9.17, 15) is 4.79 Å². The molecule has 1 amide bonds. The first-order chi connectivity index (χ1) is 12.7. The van der Waals surface area contributed by atoms with E-state index < -0.39 is 0 Å². The Morgan fingerprint density at radius 1 is 1.04 bits per heavy atom. The van der Waals surface area contributed by atoms with Crippen molar-refractivity contribution in [1.82, 2.24) is 14.9 Å². The summed E-state index contributed by atoms with van der Waals surface area (Å²) in [4.78, 5) is 27.9. The SMILES string of the molecule is Cc1cc(N2CCOCC2)nc(N2CCN(C(=O)c3ccco3)CC2)n1. The maximum Gasteiger partial charge on any atom is 0.289 e. The number of anilines is 2. The molecule has 2 saturated heterocycles. The normalized spacial score (nSPS) is 18.3. The number of morpholine rings is 1. The standard InChI is InChI=1S/C18H23N5O3/c1-14-13-16(21-8-11-25-12-9-21)20-18(19-14)23-6-4-22(5-7-23)17(24)15-3-2-10-26-15/h2-3,10,13H,4-9,11-12H2,1H3. The van der Waals surface area contributed by atoms with Gasteiger partial charge in [-0.25, -0.2) is 4.98 Å². The van der Waals surface area contributed by atoms with Crippen LogP contribution >= 0.6 is 0 Å². The van der Waals surface area contributed by atoms with Gasteiger partial charge in [0.25, 0.3) is 5.91 Å². The summed E-state index contributed by atoms with van der Waals surface area (Å²) in [5, 5.41) is 0. The summed E-state index contributed by atoms with van der Waals surface area (Å²) < 4.78 is 10.6. The highest BCUT2D eigenvalue weighted by Crippen LogP contribution is 2.20. The number of carbonyl (C=O) groups excluding carboxylic acids is 1. The second-order valence-electron chi connectivity index (χ2n) is 6.52. The summed E-state index contributed by atoms with van der Waals surface area (Å²) in [6.07, 6.45) is 1.53. The van der Waals surface area contributed by atoms with Crippen LogP contribution in [0.3, 0.4) is 0 Å². The molecule has 0 saturated carbocycles. The summed E-state index contributed by atoms with van der Waals surface area (Å²) in [5.74, 6) is 2.01. The van der Waals surface area contributed by atoms with Gasteiger partial charge in [0.15, 0.2) is 5.76 Å². The van der Waals surface area contributed by atoms with Gasteiger partial charge < -0.3 is 23.9 Å². The molecule has 4 heterocycles. The minimum atomic E-state index is -0.0613. The number of carbonyl (C=O) groups is 1. The first-order valence-electron chi connectivity index (χ1n) is 8.97. The summed E-state index contributed by atoms with van der Waals surface area (Å²) in [7, 11) is 0. The quantitative estimate of drug-likeness (QED) is 0.816. The number of rotatable bonds is 3. The Hall–Kier alpha value is -2.61. The van der Waals surface area contributed by atoms with E-state index in [1.807, 2.05) is 17.9 Å². The minimum Gasteiger partial charge on any atom is -0.459 e. The van der Waals surface area contributed by atoms with E-state index in [4.69, 9.17) is 14.1 Å². The fourth-order valence-corrected chi connectivity index (χ4v) is 3.30. The Morgan fingerprint density at radius 3 is 2.50 bits per heavy atom. The van der Waals surface area contributed by atoms with Crippen LogP contribution < -0.4 is 9.80 Å². The lowest BCUT2D eigenvalue weighted by molar-refractivity contribution is 0.0714. The van der Waals surface area contributed by atoms with Gasteiger partial charge in [-0.15, -0.1) is 0 Å². The van der Waals surface area contributed by atoms with Crippen LogP contribution in [-0.2, 0) is 4.74 Å². The number of aromatic nitrogens is 2. The molecule has 8 nitrogen and oxygen atoms in total. The van der Waals surface area contributed by atoms with Gasteiger partial charge in [-0.1, -0.05) is 0 Å². The van der Waals surface area contributed by atoms with Crippen molar-refractivity contribution in [3.8, 4) is 0 Å². The first kappa shape index (κ1) is 16.8. The highest BCUT2D eigenvalue weighted by Gasteiger charge is 2.25. The fraction of sp³-hybridized carbons (Fsp3) is 0.500. The largest absolute Gasteiger partial charge is 0.459 e. The number of nitrogens with zero attached hydrogens (tertiary/aromatic N) is 5. The Balaban J connectivity index is 1.44. The third-order valence-corrected chi connectivity index (χ3v) is 4.75. The highest BCUT2D eigenvalue weighted by atomic mass is 16.5. The van der Waals surface area contributed by atoms with Gasteiger partial charge in [0.2, 0.25) is 5.95 Å². The van der Waals surface area contributed by atoms with Crippen LogP contribution in [0, 0.1) is 6.92 Å². The number of furan rings is 1. The van der Waals surface area contributed by atoms with Crippen molar-refractivity contribution in [2.45, 2.75) is 6.92 Å². The number of piperazine rings is 1. The molecule has 2 fully saturated rings. The average Bonchev–Trinajstić information content (AvgIpc) is 3.22. The van der Waals surface area contributed by atoms with E-state index in [1.165, 1.54) is 6.26 Å². The van der Waals surface area contributed by atoms with E-state index in [1.54, 1.807) is 12.1 Å². The molecular formula is C18H23N5O3. The molecule has 0 radical (unpaired) electrons. The molecule has 4 rings (SSSR count). The zero-order valence-corrected chi connectivity index (χ0v) is 14.9. The molecule has 0 atom stereocenters. The molecule has 0 unspecified atom stereocenters. The average molecular weight is 357 g/mol. The topological polar surface area (TPSA) is 74.9 Å². The zero-order valence-electron chi connectivity index (χ0n) is 14.9. The second kappa shape index (κ2) is 7.33. The van der Waals surface area contributed by atoms with E-state index in [0.29, 0.717) is 31.9 Å². The van der Waals surface area contributed by atoms with Crippen LogP contribution in [-0.4, -0.2) is 73.3 Å². The van der Waals surface area contributed by atoms with Crippen molar-refractivity contribution in [2.75, 3.05) is 62.3 Å². The van der Waals surface area contributed by atoms with Crippen LogP contribution in [0.1, 0.15) is 16.2 Å². The van der Waals surface area contributed by atoms with Gasteiger partial charge >= 0.3 is 0 Å². The Labute approximate surface area is 152 Å². The van der Waals surface area contributed by atoms with Gasteiger partial charge in [0, 0.05) is 51.0 Å². The number of amides is 1. The van der Waals surface area contributed by atoms with Crippen molar-refractivity contribution in [3.63, 3.8) is 0 Å². The fourth-order valence-electron chi connectivity index (χ4n) is 3.30. The lowest BCUT2D eigenvalue weighted by Gasteiger charge is -2.35. The van der Waals surface area contributed by atoms with Crippen molar-refractivity contribution in [2.24, 2.45) is 0 Å². The van der Waals surface area contributed by atoms with Crippen molar-refractivity contribution >= 4 is 17.7 Å². The summed E-state index contributed by atoms with van der Waals surface area (Å²) in [5.41, 5.74) is 0.950. The Morgan fingerprint density at radius 2 is 1.81 bits per heavy atom. The van der Waals surface area contributed by atoms with Gasteiger partial charge in [-0.3, -0.25) is 4.79 Å². The van der Waals surface area contributed by atoms with Crippen LogP contribution in [0.2, 0.25) is 0 Å². The number of aryl methyl sites for hydroxylation is 1. The summed E-state index contributed by atoms with van der Waals surface area (Å²) in [6, 6.07) is 5.45. The second-order valence-corrected chi connectivity index (χ2v) is 6.52. The Bertz CT molecular complexity index is 750. The smallest absolute Gasteiger partial charge is 0.289 e. The lowest BCUT2D eigenvalue weighted by Crippen LogP contribution is -2.49. The lowest BCUT2D eigenvalue weighted by atomic mass is 10.3. The van der Waals surface area contributed by atoms with Crippen LogP contribution in [0.4, 0.5) is 11.8 Å². The molecule has 2 aliphatic heterocycles. The van der Waals surface area contributed by atoms with Gasteiger partial charge in [0.05, 0.1) is 19.5 Å². The molecule has 8 heteroatoms. The Kier molecular flexibility index (Phi) is 4.75. The molecule has 2 aromatic heterocycles. The number of hydrogen-bond donors (Lipinski definition) is 0. The zero-order chi connectivity index (χ0) is 17.9. The van der Waals surface area contributed by atoms with Gasteiger partial charge in [-0.05, 0) is 19.1 Å². The van der Waals surface area contributed by atoms with E-state index in [-0.39, 0.29) is 5.91 Å². The number of hydrogen-bond acceptors (Lipinski definition) is 7. The molecule has 138 valence electrons. The van der Waals surface area contributed by atoms with Crippen LogP contribution in [0.15, 0.2) is 28.9 Å². The predicted molar refractivity (Wildman–Crippen MR) is 96.6 cm³/mol. The molecule has 26 heavy (non-hydrogen) atoms. The van der Waals surface area contributed by atoms with Crippen molar-refractivity contribution < 1.29 is 13.9 Å². The molecule has 2 aromatic rings. The molecule has 0 aromatic carbocycles. The van der Waals surface area contributed by atoms with Crippen LogP contribution in [0.25, 0.3) is 0 Å². The van der Waals surface area contributed by atoms with Gasteiger partial charge in [-0.2, -0.15) is 4.98 Å².